The molecular weight excluding hydrogens is 206 g/mol. The monoisotopic (exact) mass is 217 g/mol. The molecule has 16 heavy (non-hydrogen) atoms. The van der Waals surface area contributed by atoms with Gasteiger partial charge < -0.3 is 4.74 Å². The fourth-order valence-corrected chi connectivity index (χ4v) is 1.98. The number of ether oxygens (including phenoxy) is 1. The molecule has 0 amide bonds. The molecule has 0 aromatic heterocycles. The largest absolute Gasteiger partial charge is 0.464 e. The van der Waals surface area contributed by atoms with Gasteiger partial charge in [0.05, 0.1) is 18.8 Å². The third-order valence-electron chi connectivity index (χ3n) is 2.94. The molecule has 0 N–H and O–H groups in total. The molecule has 82 valence electrons. The van der Waals surface area contributed by atoms with Crippen LogP contribution in [0, 0.1) is 0 Å². The summed E-state index contributed by atoms with van der Waals surface area (Å²) in [5.41, 5.74) is 0.193. The van der Waals surface area contributed by atoms with Gasteiger partial charge in [0.2, 0.25) is 5.54 Å². The topological polar surface area (TPSA) is 54.3 Å². The van der Waals surface area contributed by atoms with Gasteiger partial charge in [-0.15, -0.1) is 5.11 Å². The zero-order valence-electron chi connectivity index (χ0n) is 8.67. The maximum atomic E-state index is 11.6. The molecule has 1 saturated heterocycles. The molecule has 1 atom stereocenters. The van der Waals surface area contributed by atoms with Crippen molar-refractivity contribution >= 4 is 11.7 Å². The number of benzene rings is 1. The number of hydrogen-bond acceptors (Lipinski definition) is 5. The van der Waals surface area contributed by atoms with E-state index in [2.05, 4.69) is 10.3 Å². The van der Waals surface area contributed by atoms with Gasteiger partial charge in [0.25, 0.3) is 0 Å². The molecular formula is C11H11N3O2. The summed E-state index contributed by atoms with van der Waals surface area (Å²) in [6.45, 7) is 0.927. The molecule has 1 aromatic carbocycles. The van der Waals surface area contributed by atoms with E-state index in [0.29, 0.717) is 19.6 Å². The lowest BCUT2D eigenvalue weighted by Crippen LogP contribution is -2.38. The Kier molecular flexibility index (Phi) is 1.92. The lowest BCUT2D eigenvalue weighted by molar-refractivity contribution is -0.141. The molecule has 0 aliphatic carbocycles. The van der Waals surface area contributed by atoms with E-state index in [9.17, 15) is 4.79 Å². The molecule has 1 unspecified atom stereocenters. The van der Waals surface area contributed by atoms with E-state index >= 15 is 0 Å². The first-order valence-corrected chi connectivity index (χ1v) is 5.23. The summed E-state index contributed by atoms with van der Waals surface area (Å²) in [5, 5.41) is 9.87. The number of hydrogen-bond donors (Lipinski definition) is 0. The molecule has 3 rings (SSSR count). The zero-order chi connectivity index (χ0) is 11.0. The zero-order valence-corrected chi connectivity index (χ0v) is 8.67. The predicted molar refractivity (Wildman–Crippen MR) is 57.0 cm³/mol. The standard InChI is InChI=1S/C11H11N3O2/c15-10-11(6-7-16-10)8-14(13-12-11)9-4-2-1-3-5-9/h1-5H,6-8H2. The van der Waals surface area contributed by atoms with Crippen molar-refractivity contribution in [3.05, 3.63) is 30.3 Å². The van der Waals surface area contributed by atoms with Crippen molar-refractivity contribution in [2.45, 2.75) is 12.0 Å². The molecule has 5 nitrogen and oxygen atoms in total. The number of esters is 1. The fraction of sp³-hybridized carbons (Fsp3) is 0.364. The van der Waals surface area contributed by atoms with Crippen LogP contribution in [-0.2, 0) is 9.53 Å². The van der Waals surface area contributed by atoms with Gasteiger partial charge in [-0.3, -0.25) is 0 Å². The lowest BCUT2D eigenvalue weighted by atomic mass is 9.99. The number of rotatable bonds is 1. The Bertz CT molecular complexity index is 446. The second-order valence-electron chi connectivity index (χ2n) is 4.00. The third kappa shape index (κ3) is 1.28. The molecule has 1 fully saturated rings. The smallest absolute Gasteiger partial charge is 0.338 e. The van der Waals surface area contributed by atoms with Crippen LogP contribution in [0.1, 0.15) is 6.42 Å². The van der Waals surface area contributed by atoms with Crippen molar-refractivity contribution in [3.8, 4) is 0 Å². The Hall–Kier alpha value is -1.91. The quantitative estimate of drug-likeness (QED) is 0.671. The fourth-order valence-electron chi connectivity index (χ4n) is 1.98. The number of anilines is 1. The van der Waals surface area contributed by atoms with Crippen LogP contribution in [0.25, 0.3) is 0 Å². The minimum atomic E-state index is -0.754. The van der Waals surface area contributed by atoms with Gasteiger partial charge in [-0.2, -0.15) is 0 Å². The highest BCUT2D eigenvalue weighted by Crippen LogP contribution is 2.33. The molecule has 1 spiro atoms. The first-order chi connectivity index (χ1) is 7.80. The number of para-hydroxylation sites is 1. The summed E-state index contributed by atoms with van der Waals surface area (Å²) in [5.74, 6) is -0.255. The van der Waals surface area contributed by atoms with Gasteiger partial charge in [-0.1, -0.05) is 23.4 Å². The molecule has 2 heterocycles. The molecule has 0 bridgehead atoms. The average Bonchev–Trinajstić information content (AvgIpc) is 2.90. The molecule has 5 heteroatoms. The highest BCUT2D eigenvalue weighted by atomic mass is 16.5. The van der Waals surface area contributed by atoms with E-state index in [1.165, 1.54) is 0 Å². The van der Waals surface area contributed by atoms with Crippen LogP contribution >= 0.6 is 0 Å². The Balaban J connectivity index is 1.85. The Morgan fingerprint density at radius 2 is 2.12 bits per heavy atom. The van der Waals surface area contributed by atoms with Gasteiger partial charge in [-0.05, 0) is 12.1 Å². The van der Waals surface area contributed by atoms with E-state index < -0.39 is 5.54 Å². The van der Waals surface area contributed by atoms with E-state index in [4.69, 9.17) is 4.74 Å². The van der Waals surface area contributed by atoms with Gasteiger partial charge in [0, 0.05) is 6.42 Å². The van der Waals surface area contributed by atoms with Crippen LogP contribution in [0.4, 0.5) is 5.69 Å². The van der Waals surface area contributed by atoms with Crippen molar-refractivity contribution in [2.75, 3.05) is 18.2 Å². The maximum Gasteiger partial charge on any atom is 0.338 e. The molecule has 2 aliphatic heterocycles. The number of nitrogens with zero attached hydrogens (tertiary/aromatic N) is 3. The summed E-state index contributed by atoms with van der Waals surface area (Å²) in [6, 6.07) is 9.69. The minimum absolute atomic E-state index is 0.255. The van der Waals surface area contributed by atoms with Gasteiger partial charge >= 0.3 is 5.97 Å². The van der Waals surface area contributed by atoms with E-state index in [0.717, 1.165) is 5.69 Å². The molecule has 2 aliphatic rings. The van der Waals surface area contributed by atoms with Crippen LogP contribution < -0.4 is 5.01 Å². The van der Waals surface area contributed by atoms with Crippen LogP contribution in [0.3, 0.4) is 0 Å². The molecule has 0 radical (unpaired) electrons. The maximum absolute atomic E-state index is 11.6. The number of carbonyl (C=O) groups is 1. The van der Waals surface area contributed by atoms with Crippen LogP contribution in [-0.4, -0.2) is 24.7 Å². The van der Waals surface area contributed by atoms with Crippen LogP contribution in [0.15, 0.2) is 40.7 Å². The third-order valence-corrected chi connectivity index (χ3v) is 2.94. The first kappa shape index (κ1) is 9.33. The van der Waals surface area contributed by atoms with Crippen molar-refractivity contribution in [3.63, 3.8) is 0 Å². The van der Waals surface area contributed by atoms with E-state index in [-0.39, 0.29) is 5.97 Å². The summed E-state index contributed by atoms with van der Waals surface area (Å²) in [4.78, 5) is 11.6. The summed E-state index contributed by atoms with van der Waals surface area (Å²) >= 11 is 0. The molecule has 0 saturated carbocycles. The summed E-state index contributed by atoms with van der Waals surface area (Å²) in [7, 11) is 0. The van der Waals surface area contributed by atoms with Crippen molar-refractivity contribution < 1.29 is 9.53 Å². The Morgan fingerprint density at radius 1 is 1.31 bits per heavy atom. The first-order valence-electron chi connectivity index (χ1n) is 5.23. The number of carbonyl (C=O) groups excluding carboxylic acids is 1. The Morgan fingerprint density at radius 3 is 2.81 bits per heavy atom. The SMILES string of the molecule is O=C1OCCC12CN(c1ccccc1)N=N2. The Labute approximate surface area is 92.7 Å². The van der Waals surface area contributed by atoms with E-state index in [1.54, 1.807) is 5.01 Å². The van der Waals surface area contributed by atoms with Gasteiger partial charge in [-0.25, -0.2) is 9.80 Å². The van der Waals surface area contributed by atoms with Crippen LogP contribution in [0.5, 0.6) is 0 Å². The van der Waals surface area contributed by atoms with Crippen molar-refractivity contribution in [2.24, 2.45) is 10.3 Å². The highest BCUT2D eigenvalue weighted by Gasteiger charge is 2.50. The van der Waals surface area contributed by atoms with Crippen molar-refractivity contribution in [1.29, 1.82) is 0 Å². The van der Waals surface area contributed by atoms with Gasteiger partial charge in [0.1, 0.15) is 0 Å². The summed E-state index contributed by atoms with van der Waals surface area (Å²) < 4.78 is 4.96. The van der Waals surface area contributed by atoms with E-state index in [1.807, 2.05) is 30.3 Å². The highest BCUT2D eigenvalue weighted by molar-refractivity contribution is 5.84. The second kappa shape index (κ2) is 3.30. The van der Waals surface area contributed by atoms with Gasteiger partial charge in [0.15, 0.2) is 0 Å². The summed E-state index contributed by atoms with van der Waals surface area (Å²) in [6.07, 6.45) is 0.624. The predicted octanol–water partition coefficient (Wildman–Crippen LogP) is 1.56. The lowest BCUT2D eigenvalue weighted by Gasteiger charge is -2.16. The second-order valence-corrected chi connectivity index (χ2v) is 4.00. The van der Waals surface area contributed by atoms with Crippen LogP contribution in [0.2, 0.25) is 0 Å². The normalized spacial score (nSPS) is 27.8. The van der Waals surface area contributed by atoms with Crippen molar-refractivity contribution in [1.82, 2.24) is 0 Å². The number of cyclic esters (lactones) is 1. The molecule has 1 aromatic rings. The minimum Gasteiger partial charge on any atom is -0.464 e. The average molecular weight is 217 g/mol.